The lowest BCUT2D eigenvalue weighted by Gasteiger charge is -2.12. The van der Waals surface area contributed by atoms with Gasteiger partial charge in [-0.2, -0.15) is 4.98 Å². The van der Waals surface area contributed by atoms with Gasteiger partial charge >= 0.3 is 5.69 Å². The Morgan fingerprint density at radius 1 is 1.75 bits per heavy atom. The van der Waals surface area contributed by atoms with E-state index in [-0.39, 0.29) is 23.5 Å². The number of nitrogens with zero attached hydrogens (tertiary/aromatic N) is 3. The van der Waals surface area contributed by atoms with Gasteiger partial charge in [-0.05, 0) is 6.92 Å². The first-order valence-electron chi connectivity index (χ1n) is 4.57. The standard InChI is InChI=1S/C8H13N5O3/c1-5(4-16-2)11-8-10-3-6(13(14)15)7(9)12-8/h3,5H,4H2,1-2H3,(H3,9,10,11,12)/t5-/m0/s1. The summed E-state index contributed by atoms with van der Waals surface area (Å²) in [6.45, 7) is 2.34. The van der Waals surface area contributed by atoms with Gasteiger partial charge in [-0.25, -0.2) is 4.98 Å². The predicted molar refractivity (Wildman–Crippen MR) is 58.1 cm³/mol. The molecule has 3 N–H and O–H groups in total. The summed E-state index contributed by atoms with van der Waals surface area (Å²) in [6.07, 6.45) is 1.07. The van der Waals surface area contributed by atoms with Crippen LogP contribution in [0.25, 0.3) is 0 Å². The second-order valence-electron chi connectivity index (χ2n) is 3.22. The van der Waals surface area contributed by atoms with E-state index in [1.165, 1.54) is 0 Å². The van der Waals surface area contributed by atoms with Crippen LogP contribution in [0.3, 0.4) is 0 Å². The highest BCUT2D eigenvalue weighted by Crippen LogP contribution is 2.18. The molecule has 1 aromatic rings. The van der Waals surface area contributed by atoms with Crippen molar-refractivity contribution in [1.82, 2.24) is 9.97 Å². The molecule has 0 spiro atoms. The Morgan fingerprint density at radius 3 is 2.94 bits per heavy atom. The molecule has 0 amide bonds. The summed E-state index contributed by atoms with van der Waals surface area (Å²) in [5.41, 5.74) is 5.11. The number of nitrogen functional groups attached to an aromatic ring is 1. The molecule has 0 aliphatic rings. The van der Waals surface area contributed by atoms with Crippen molar-refractivity contribution in [3.63, 3.8) is 0 Å². The number of nitro groups is 1. The Morgan fingerprint density at radius 2 is 2.44 bits per heavy atom. The molecule has 0 radical (unpaired) electrons. The van der Waals surface area contributed by atoms with Gasteiger partial charge in [0.15, 0.2) is 0 Å². The van der Waals surface area contributed by atoms with Crippen LogP contribution in [-0.4, -0.2) is 34.6 Å². The van der Waals surface area contributed by atoms with Crippen molar-refractivity contribution >= 4 is 17.5 Å². The van der Waals surface area contributed by atoms with E-state index in [9.17, 15) is 10.1 Å². The van der Waals surface area contributed by atoms with Crippen LogP contribution < -0.4 is 11.1 Å². The van der Waals surface area contributed by atoms with Gasteiger partial charge in [0.1, 0.15) is 6.20 Å². The van der Waals surface area contributed by atoms with Gasteiger partial charge in [0.25, 0.3) is 0 Å². The molecule has 1 atom stereocenters. The predicted octanol–water partition coefficient (Wildman–Crippen LogP) is 0.414. The van der Waals surface area contributed by atoms with Crippen molar-refractivity contribution < 1.29 is 9.66 Å². The lowest BCUT2D eigenvalue weighted by Crippen LogP contribution is -2.22. The molecule has 0 aromatic carbocycles. The molecule has 0 fully saturated rings. The molecule has 0 aliphatic heterocycles. The molecule has 88 valence electrons. The smallest absolute Gasteiger partial charge is 0.329 e. The largest absolute Gasteiger partial charge is 0.383 e. The van der Waals surface area contributed by atoms with Crippen LogP contribution >= 0.6 is 0 Å². The molecular weight excluding hydrogens is 214 g/mol. The SMILES string of the molecule is COC[C@H](C)Nc1ncc([N+](=O)[O-])c(N)n1. The van der Waals surface area contributed by atoms with Gasteiger partial charge in [-0.15, -0.1) is 0 Å². The fourth-order valence-corrected chi connectivity index (χ4v) is 1.11. The maximum atomic E-state index is 10.5. The Kier molecular flexibility index (Phi) is 3.95. The summed E-state index contributed by atoms with van der Waals surface area (Å²) in [7, 11) is 1.57. The van der Waals surface area contributed by atoms with Crippen molar-refractivity contribution in [2.24, 2.45) is 0 Å². The molecule has 0 saturated carbocycles. The van der Waals surface area contributed by atoms with Crippen LogP contribution in [0.1, 0.15) is 6.92 Å². The molecule has 0 aliphatic carbocycles. The van der Waals surface area contributed by atoms with Crippen LogP contribution in [-0.2, 0) is 4.74 Å². The van der Waals surface area contributed by atoms with E-state index < -0.39 is 4.92 Å². The zero-order valence-corrected chi connectivity index (χ0v) is 9.01. The molecule has 1 rings (SSSR count). The van der Waals surface area contributed by atoms with Crippen LogP contribution in [0.5, 0.6) is 0 Å². The molecule has 8 heteroatoms. The van der Waals surface area contributed by atoms with Crippen molar-refractivity contribution in [3.8, 4) is 0 Å². The third kappa shape index (κ3) is 3.02. The third-order valence-corrected chi connectivity index (χ3v) is 1.79. The first-order valence-corrected chi connectivity index (χ1v) is 4.57. The second kappa shape index (κ2) is 5.21. The van der Waals surface area contributed by atoms with Crippen LogP contribution in [0, 0.1) is 10.1 Å². The lowest BCUT2D eigenvalue weighted by atomic mass is 10.4. The number of ether oxygens (including phenoxy) is 1. The molecule has 1 aromatic heterocycles. The van der Waals surface area contributed by atoms with Gasteiger partial charge in [-0.3, -0.25) is 10.1 Å². The zero-order valence-electron chi connectivity index (χ0n) is 9.01. The average Bonchev–Trinajstić information content (AvgIpc) is 2.17. The van der Waals surface area contributed by atoms with Gasteiger partial charge < -0.3 is 15.8 Å². The number of methoxy groups -OCH3 is 1. The zero-order chi connectivity index (χ0) is 12.1. The number of nitrogens with one attached hydrogen (secondary N) is 1. The quantitative estimate of drug-likeness (QED) is 0.552. The van der Waals surface area contributed by atoms with Crippen LogP contribution in [0.4, 0.5) is 17.5 Å². The minimum atomic E-state index is -0.627. The van der Waals surface area contributed by atoms with E-state index in [2.05, 4.69) is 15.3 Å². The maximum Gasteiger partial charge on any atom is 0.329 e. The van der Waals surface area contributed by atoms with Gasteiger partial charge in [0.2, 0.25) is 11.8 Å². The van der Waals surface area contributed by atoms with Crippen molar-refractivity contribution in [3.05, 3.63) is 16.3 Å². The van der Waals surface area contributed by atoms with Gasteiger partial charge in [0.05, 0.1) is 11.5 Å². The summed E-state index contributed by atoms with van der Waals surface area (Å²) >= 11 is 0. The normalized spacial score (nSPS) is 12.1. The van der Waals surface area contributed by atoms with Crippen molar-refractivity contribution in [2.45, 2.75) is 13.0 Å². The molecule has 1 heterocycles. The molecular formula is C8H13N5O3. The molecule has 0 unspecified atom stereocenters. The average molecular weight is 227 g/mol. The summed E-state index contributed by atoms with van der Waals surface area (Å²) in [5.74, 6) is 0.0831. The summed E-state index contributed by atoms with van der Waals surface area (Å²) < 4.78 is 4.91. The fourth-order valence-electron chi connectivity index (χ4n) is 1.11. The minimum Gasteiger partial charge on any atom is -0.383 e. The van der Waals surface area contributed by atoms with E-state index in [1.807, 2.05) is 6.92 Å². The van der Waals surface area contributed by atoms with Gasteiger partial charge in [0, 0.05) is 13.2 Å². The van der Waals surface area contributed by atoms with E-state index in [1.54, 1.807) is 7.11 Å². The number of hydrogen-bond donors (Lipinski definition) is 2. The number of anilines is 2. The Hall–Kier alpha value is -1.96. The van der Waals surface area contributed by atoms with Crippen molar-refractivity contribution in [1.29, 1.82) is 0 Å². The van der Waals surface area contributed by atoms with E-state index in [4.69, 9.17) is 10.5 Å². The highest BCUT2D eigenvalue weighted by Gasteiger charge is 2.14. The Bertz CT molecular complexity index is 384. The summed E-state index contributed by atoms with van der Waals surface area (Å²) in [5, 5.41) is 13.4. The van der Waals surface area contributed by atoms with E-state index in [0.29, 0.717) is 6.61 Å². The van der Waals surface area contributed by atoms with E-state index in [0.717, 1.165) is 6.20 Å². The van der Waals surface area contributed by atoms with Crippen LogP contribution in [0.2, 0.25) is 0 Å². The molecule has 0 saturated heterocycles. The number of rotatable bonds is 5. The van der Waals surface area contributed by atoms with Crippen molar-refractivity contribution in [2.75, 3.05) is 24.8 Å². The monoisotopic (exact) mass is 227 g/mol. The molecule has 0 bridgehead atoms. The highest BCUT2D eigenvalue weighted by molar-refractivity contribution is 5.53. The Labute approximate surface area is 92.0 Å². The first kappa shape index (κ1) is 12.1. The highest BCUT2D eigenvalue weighted by atomic mass is 16.6. The molecule has 16 heavy (non-hydrogen) atoms. The Balaban J connectivity index is 2.77. The first-order chi connectivity index (χ1) is 7.54. The van der Waals surface area contributed by atoms with Crippen LogP contribution in [0.15, 0.2) is 6.20 Å². The minimum absolute atomic E-state index is 0.00847. The van der Waals surface area contributed by atoms with Gasteiger partial charge in [-0.1, -0.05) is 0 Å². The maximum absolute atomic E-state index is 10.5. The van der Waals surface area contributed by atoms with E-state index >= 15 is 0 Å². The summed E-state index contributed by atoms with van der Waals surface area (Å²) in [6, 6.07) is -0.00847. The second-order valence-corrected chi connectivity index (χ2v) is 3.22. The topological polar surface area (TPSA) is 116 Å². The number of hydrogen-bond acceptors (Lipinski definition) is 7. The third-order valence-electron chi connectivity index (χ3n) is 1.79. The fraction of sp³-hybridized carbons (Fsp3) is 0.500. The summed E-state index contributed by atoms with van der Waals surface area (Å²) in [4.78, 5) is 17.4. The molecule has 8 nitrogen and oxygen atoms in total. The number of aromatic nitrogens is 2. The number of nitrogens with two attached hydrogens (primary N) is 1. The lowest BCUT2D eigenvalue weighted by molar-refractivity contribution is -0.384.